The molecule has 0 radical (unpaired) electrons. The van der Waals surface area contributed by atoms with Gasteiger partial charge in [-0.15, -0.1) is 0 Å². The Morgan fingerprint density at radius 3 is 3.23 bits per heavy atom. The number of nitrogens with zero attached hydrogens (tertiary/aromatic N) is 1. The third-order valence-electron chi connectivity index (χ3n) is 2.06. The van der Waals surface area contributed by atoms with E-state index in [2.05, 4.69) is 10.3 Å². The van der Waals surface area contributed by atoms with E-state index in [1.165, 1.54) is 0 Å². The van der Waals surface area contributed by atoms with Gasteiger partial charge in [0.25, 0.3) is 0 Å². The summed E-state index contributed by atoms with van der Waals surface area (Å²) < 4.78 is 5.07. The van der Waals surface area contributed by atoms with Crippen LogP contribution in [0.15, 0.2) is 18.1 Å². The van der Waals surface area contributed by atoms with Crippen LogP contribution in [0, 0.1) is 0 Å². The lowest BCUT2D eigenvalue weighted by Gasteiger charge is -2.17. The van der Waals surface area contributed by atoms with Crippen molar-refractivity contribution in [2.45, 2.75) is 6.54 Å². The zero-order chi connectivity index (χ0) is 9.26. The van der Waals surface area contributed by atoms with Gasteiger partial charge in [-0.25, -0.2) is 4.98 Å². The lowest BCUT2D eigenvalue weighted by Crippen LogP contribution is -2.19. The molecule has 4 heteroatoms. The Morgan fingerprint density at radius 1 is 1.62 bits per heavy atom. The molecule has 1 aromatic heterocycles. The molecule has 0 spiro atoms. The lowest BCUT2D eigenvalue weighted by atomic mass is 10.1. The van der Waals surface area contributed by atoms with Crippen LogP contribution in [-0.2, 0) is 11.3 Å². The van der Waals surface area contributed by atoms with E-state index in [0.29, 0.717) is 5.82 Å². The zero-order valence-corrected chi connectivity index (χ0v) is 7.37. The van der Waals surface area contributed by atoms with Crippen molar-refractivity contribution in [1.82, 2.24) is 10.3 Å². The number of methoxy groups -OCH3 is 1. The van der Waals surface area contributed by atoms with Gasteiger partial charge in [0.1, 0.15) is 5.82 Å². The molecule has 1 aromatic rings. The topological polar surface area (TPSA) is 60.2 Å². The monoisotopic (exact) mass is 177 g/mol. The zero-order valence-electron chi connectivity index (χ0n) is 7.37. The fourth-order valence-electron chi connectivity index (χ4n) is 1.35. The highest BCUT2D eigenvalue weighted by Crippen LogP contribution is 2.21. The third kappa shape index (κ3) is 1.30. The van der Waals surface area contributed by atoms with Crippen molar-refractivity contribution in [2.24, 2.45) is 0 Å². The Hall–Kier alpha value is -1.71. The number of ether oxygens (including phenoxy) is 1. The lowest BCUT2D eigenvalue weighted by molar-refractivity contribution is 0.263. The molecule has 2 heterocycles. The first kappa shape index (κ1) is 7.91. The van der Waals surface area contributed by atoms with Crippen LogP contribution in [0.25, 0.3) is 6.08 Å². The summed E-state index contributed by atoms with van der Waals surface area (Å²) >= 11 is 0. The fourth-order valence-corrected chi connectivity index (χ4v) is 1.35. The molecular weight excluding hydrogens is 166 g/mol. The maximum Gasteiger partial charge on any atom is 0.187 e. The molecule has 1 aliphatic rings. The van der Waals surface area contributed by atoms with Gasteiger partial charge < -0.3 is 15.8 Å². The Labute approximate surface area is 76.4 Å². The normalized spacial score (nSPS) is 14.1. The molecule has 0 saturated heterocycles. The summed E-state index contributed by atoms with van der Waals surface area (Å²) in [6.45, 7) is 0.738. The number of pyridine rings is 1. The second-order valence-electron chi connectivity index (χ2n) is 2.84. The van der Waals surface area contributed by atoms with Crippen molar-refractivity contribution >= 4 is 11.9 Å². The number of fused-ring (bicyclic) bond motifs is 1. The van der Waals surface area contributed by atoms with Crippen LogP contribution < -0.4 is 11.1 Å². The van der Waals surface area contributed by atoms with Gasteiger partial charge >= 0.3 is 0 Å². The number of nitrogen functional groups attached to an aromatic ring is 1. The summed E-state index contributed by atoms with van der Waals surface area (Å²) in [7, 11) is 1.62. The van der Waals surface area contributed by atoms with Crippen molar-refractivity contribution in [3.8, 4) is 0 Å². The Balaban J connectivity index is 2.49. The first-order chi connectivity index (χ1) is 6.31. The van der Waals surface area contributed by atoms with Gasteiger partial charge in [-0.05, 0) is 11.6 Å². The quantitative estimate of drug-likeness (QED) is 0.663. The molecule has 0 aromatic carbocycles. The first-order valence-electron chi connectivity index (χ1n) is 4.04. The van der Waals surface area contributed by atoms with E-state index in [4.69, 9.17) is 10.5 Å². The van der Waals surface area contributed by atoms with Crippen molar-refractivity contribution in [3.63, 3.8) is 0 Å². The maximum absolute atomic E-state index is 5.72. The average Bonchev–Trinajstić information content (AvgIpc) is 2.18. The van der Waals surface area contributed by atoms with E-state index >= 15 is 0 Å². The Kier molecular flexibility index (Phi) is 1.81. The summed E-state index contributed by atoms with van der Waals surface area (Å²) in [6, 6.07) is 1.95. The highest BCUT2D eigenvalue weighted by atomic mass is 16.5. The molecule has 0 fully saturated rings. The molecule has 0 aliphatic carbocycles. The van der Waals surface area contributed by atoms with Crippen LogP contribution in [0.1, 0.15) is 11.1 Å². The summed E-state index contributed by atoms with van der Waals surface area (Å²) in [4.78, 5) is 4.01. The number of anilines is 1. The minimum atomic E-state index is 0.550. The second-order valence-corrected chi connectivity index (χ2v) is 2.84. The maximum atomic E-state index is 5.72. The van der Waals surface area contributed by atoms with Gasteiger partial charge in [-0.3, -0.25) is 0 Å². The first-order valence-corrected chi connectivity index (χ1v) is 4.04. The molecule has 0 unspecified atom stereocenters. The summed E-state index contributed by atoms with van der Waals surface area (Å²) in [5.74, 6) is 1.28. The van der Waals surface area contributed by atoms with Crippen molar-refractivity contribution in [3.05, 3.63) is 29.3 Å². The number of aromatic nitrogens is 1. The third-order valence-corrected chi connectivity index (χ3v) is 2.06. The number of rotatable bonds is 1. The minimum Gasteiger partial charge on any atom is -0.482 e. The van der Waals surface area contributed by atoms with E-state index in [-0.39, 0.29) is 0 Å². The molecule has 0 saturated carbocycles. The molecule has 13 heavy (non-hydrogen) atoms. The van der Waals surface area contributed by atoms with Crippen molar-refractivity contribution < 1.29 is 4.74 Å². The second kappa shape index (κ2) is 2.97. The van der Waals surface area contributed by atoms with Crippen LogP contribution >= 0.6 is 0 Å². The molecule has 68 valence electrons. The fraction of sp³-hybridized carbons (Fsp3) is 0.222. The SMILES string of the molecule is COC1=Cc2c(ccnc2N)CN1. The largest absolute Gasteiger partial charge is 0.482 e. The van der Waals surface area contributed by atoms with Gasteiger partial charge in [-0.2, -0.15) is 0 Å². The summed E-state index contributed by atoms with van der Waals surface area (Å²) in [6.07, 6.45) is 3.57. The minimum absolute atomic E-state index is 0.550. The molecular formula is C9H11N3O. The summed E-state index contributed by atoms with van der Waals surface area (Å²) in [5.41, 5.74) is 7.82. The molecule has 3 N–H and O–H groups in total. The molecule has 4 nitrogen and oxygen atoms in total. The van der Waals surface area contributed by atoms with Crippen LogP contribution in [0.4, 0.5) is 5.82 Å². The Morgan fingerprint density at radius 2 is 2.46 bits per heavy atom. The van der Waals surface area contributed by atoms with E-state index < -0.39 is 0 Å². The van der Waals surface area contributed by atoms with Crippen molar-refractivity contribution in [2.75, 3.05) is 12.8 Å². The molecule has 0 atom stereocenters. The van der Waals surface area contributed by atoms with Crippen LogP contribution in [0.3, 0.4) is 0 Å². The number of hydrogen-bond acceptors (Lipinski definition) is 4. The molecule has 0 amide bonds. The molecule has 2 rings (SSSR count). The van der Waals surface area contributed by atoms with Crippen molar-refractivity contribution in [1.29, 1.82) is 0 Å². The Bertz CT molecular complexity index is 360. The van der Waals surface area contributed by atoms with E-state index in [9.17, 15) is 0 Å². The predicted octanol–water partition coefficient (Wildman–Crippen LogP) is 0.712. The van der Waals surface area contributed by atoms with E-state index in [0.717, 1.165) is 23.6 Å². The predicted molar refractivity (Wildman–Crippen MR) is 50.5 cm³/mol. The smallest absolute Gasteiger partial charge is 0.187 e. The van der Waals surface area contributed by atoms with Gasteiger partial charge in [0.15, 0.2) is 5.88 Å². The van der Waals surface area contributed by atoms with Crippen LogP contribution in [-0.4, -0.2) is 12.1 Å². The number of nitrogens with one attached hydrogen (secondary N) is 1. The van der Waals surface area contributed by atoms with E-state index in [1.807, 2.05) is 12.1 Å². The molecule has 1 aliphatic heterocycles. The highest BCUT2D eigenvalue weighted by Gasteiger charge is 2.11. The van der Waals surface area contributed by atoms with Crippen LogP contribution in [0.5, 0.6) is 0 Å². The van der Waals surface area contributed by atoms with Crippen LogP contribution in [0.2, 0.25) is 0 Å². The van der Waals surface area contributed by atoms with Gasteiger partial charge in [0.05, 0.1) is 7.11 Å². The van der Waals surface area contributed by atoms with Gasteiger partial charge in [0.2, 0.25) is 0 Å². The number of hydrogen-bond donors (Lipinski definition) is 2. The number of nitrogens with two attached hydrogens (primary N) is 1. The average molecular weight is 177 g/mol. The van der Waals surface area contributed by atoms with E-state index in [1.54, 1.807) is 13.3 Å². The molecule has 0 bridgehead atoms. The van der Waals surface area contributed by atoms with Gasteiger partial charge in [0, 0.05) is 24.4 Å². The standard InChI is InChI=1S/C9H11N3O/c1-13-8-4-7-6(5-12-8)2-3-11-9(7)10/h2-4,12H,5H2,1H3,(H2,10,11). The van der Waals surface area contributed by atoms with Gasteiger partial charge in [-0.1, -0.05) is 0 Å². The summed E-state index contributed by atoms with van der Waals surface area (Å²) in [5, 5.41) is 3.11. The highest BCUT2D eigenvalue weighted by molar-refractivity contribution is 5.66.